The number of hydrogen-bond donors (Lipinski definition) is 1. The average molecular weight is 208 g/mol. The molecule has 0 heterocycles. The smallest absolute Gasteiger partial charge is 0.872 e. The molecule has 0 saturated carbocycles. The molecule has 2 nitrogen and oxygen atoms in total. The zero-order valence-corrected chi connectivity index (χ0v) is 10.9. The molecule has 13 heavy (non-hydrogen) atoms. The minimum Gasteiger partial charge on any atom is -0.872 e. The van der Waals surface area contributed by atoms with Crippen LogP contribution < -0.4 is 56.5 Å². The Morgan fingerprint density at radius 3 is 2.62 bits per heavy atom. The van der Waals surface area contributed by atoms with E-state index in [4.69, 9.17) is 5.11 Å². The van der Waals surface area contributed by atoms with Gasteiger partial charge in [-0.1, -0.05) is 18.9 Å². The molecule has 0 unspecified atom stereocenters. The summed E-state index contributed by atoms with van der Waals surface area (Å²) in [6, 6.07) is 2.02. The van der Waals surface area contributed by atoms with Crippen LogP contribution in [0, 0.1) is 5.82 Å². The molecular weight excluding hydrogens is 198 g/mol. The third kappa shape index (κ3) is 3.56. The second-order valence-electron chi connectivity index (χ2n) is 2.66. The van der Waals surface area contributed by atoms with Crippen molar-refractivity contribution in [3.05, 3.63) is 23.5 Å². The second-order valence-corrected chi connectivity index (χ2v) is 2.66. The molecule has 4 heteroatoms. The van der Waals surface area contributed by atoms with Crippen molar-refractivity contribution in [3.8, 4) is 11.5 Å². The van der Waals surface area contributed by atoms with Gasteiger partial charge in [0.15, 0.2) is 11.6 Å². The number of phenols is 1. The summed E-state index contributed by atoms with van der Waals surface area (Å²) in [5.74, 6) is -1.59. The summed E-state index contributed by atoms with van der Waals surface area (Å²) in [6.07, 6.45) is 1.34. The Morgan fingerprint density at radius 2 is 2.08 bits per heavy atom. The van der Waals surface area contributed by atoms with Crippen LogP contribution in [0.3, 0.4) is 0 Å². The zero-order chi connectivity index (χ0) is 9.14. The van der Waals surface area contributed by atoms with Crippen LogP contribution in [0.25, 0.3) is 0 Å². The number of hydrogen-bond acceptors (Lipinski definition) is 2. The van der Waals surface area contributed by atoms with Crippen LogP contribution in [-0.4, -0.2) is 5.11 Å². The van der Waals surface area contributed by atoms with Crippen molar-refractivity contribution < 1.29 is 66.0 Å². The molecule has 0 saturated heterocycles. The molecule has 1 rings (SSSR count). The van der Waals surface area contributed by atoms with Gasteiger partial charge >= 0.3 is 51.4 Å². The van der Waals surface area contributed by atoms with Crippen LogP contribution in [0.5, 0.6) is 11.5 Å². The number of halogens is 1. The zero-order valence-electron chi connectivity index (χ0n) is 7.80. The van der Waals surface area contributed by atoms with Crippen LogP contribution >= 0.6 is 0 Å². The molecular formula is C9H10FKO2. The second kappa shape index (κ2) is 5.98. The molecule has 0 radical (unpaired) electrons. The van der Waals surface area contributed by atoms with Gasteiger partial charge in [-0.2, -0.15) is 0 Å². The molecule has 0 bridgehead atoms. The third-order valence-electron chi connectivity index (χ3n) is 1.65. The van der Waals surface area contributed by atoms with Gasteiger partial charge in [0, 0.05) is 0 Å². The first kappa shape index (κ1) is 13.4. The third-order valence-corrected chi connectivity index (χ3v) is 1.65. The van der Waals surface area contributed by atoms with Crippen LogP contribution in [0.2, 0.25) is 0 Å². The van der Waals surface area contributed by atoms with Crippen molar-refractivity contribution in [1.29, 1.82) is 0 Å². The maximum Gasteiger partial charge on any atom is 1.00 e. The minimum atomic E-state index is -0.724. The maximum absolute atomic E-state index is 12.7. The van der Waals surface area contributed by atoms with E-state index in [1.807, 2.05) is 6.92 Å². The number of benzene rings is 1. The van der Waals surface area contributed by atoms with Crippen molar-refractivity contribution >= 4 is 0 Å². The maximum atomic E-state index is 12.7. The van der Waals surface area contributed by atoms with Gasteiger partial charge < -0.3 is 10.2 Å². The van der Waals surface area contributed by atoms with E-state index in [-0.39, 0.29) is 57.1 Å². The van der Waals surface area contributed by atoms with Gasteiger partial charge in [0.25, 0.3) is 0 Å². The molecule has 1 aromatic rings. The van der Waals surface area contributed by atoms with Crippen molar-refractivity contribution in [2.75, 3.05) is 0 Å². The molecule has 0 amide bonds. The number of phenolic OH excluding ortho intramolecular Hbond substituents is 1. The molecule has 0 aliphatic carbocycles. The van der Waals surface area contributed by atoms with E-state index in [9.17, 15) is 9.50 Å². The van der Waals surface area contributed by atoms with E-state index in [2.05, 4.69) is 0 Å². The Hall–Kier alpha value is 0.386. The predicted octanol–water partition coefficient (Wildman–Crippen LogP) is -1.44. The quantitative estimate of drug-likeness (QED) is 0.605. The Balaban J connectivity index is 0.00000144. The number of rotatable bonds is 2. The van der Waals surface area contributed by atoms with E-state index < -0.39 is 11.6 Å². The molecule has 1 aromatic carbocycles. The van der Waals surface area contributed by atoms with Gasteiger partial charge in [0.05, 0.1) is 0 Å². The largest absolute Gasteiger partial charge is 1.00 e. The van der Waals surface area contributed by atoms with Crippen molar-refractivity contribution in [2.45, 2.75) is 19.8 Å². The molecule has 0 spiro atoms. The predicted molar refractivity (Wildman–Crippen MR) is 41.5 cm³/mol. The molecule has 0 atom stereocenters. The SMILES string of the molecule is CCCc1cc(F)c(O)cc1[O-].[K+]. The van der Waals surface area contributed by atoms with Crippen molar-refractivity contribution in [3.63, 3.8) is 0 Å². The van der Waals surface area contributed by atoms with Gasteiger partial charge in [-0.25, -0.2) is 4.39 Å². The Labute approximate surface area is 119 Å². The summed E-state index contributed by atoms with van der Waals surface area (Å²) in [4.78, 5) is 0. The topological polar surface area (TPSA) is 43.3 Å². The fourth-order valence-electron chi connectivity index (χ4n) is 1.05. The van der Waals surface area contributed by atoms with Crippen molar-refractivity contribution in [1.82, 2.24) is 0 Å². The first-order valence-electron chi connectivity index (χ1n) is 3.83. The monoisotopic (exact) mass is 208 g/mol. The summed E-state index contributed by atoms with van der Waals surface area (Å²) >= 11 is 0. The fourth-order valence-corrected chi connectivity index (χ4v) is 1.05. The average Bonchev–Trinajstić information content (AvgIpc) is 2.01. The van der Waals surface area contributed by atoms with Crippen molar-refractivity contribution in [2.24, 2.45) is 0 Å². The van der Waals surface area contributed by atoms with E-state index >= 15 is 0 Å². The summed E-state index contributed by atoms with van der Waals surface area (Å²) in [6.45, 7) is 1.91. The van der Waals surface area contributed by atoms with Gasteiger partial charge in [-0.3, -0.25) is 0 Å². The first-order valence-corrected chi connectivity index (χ1v) is 3.83. The van der Waals surface area contributed by atoms with Gasteiger partial charge in [-0.05, 0) is 18.6 Å². The van der Waals surface area contributed by atoms with E-state index in [0.29, 0.717) is 12.0 Å². The van der Waals surface area contributed by atoms with Crippen LogP contribution in [-0.2, 0) is 6.42 Å². The Morgan fingerprint density at radius 1 is 1.46 bits per heavy atom. The summed E-state index contributed by atoms with van der Waals surface area (Å²) in [5.41, 5.74) is 0.424. The van der Waals surface area contributed by atoms with Crippen LogP contribution in [0.1, 0.15) is 18.9 Å². The van der Waals surface area contributed by atoms with Crippen LogP contribution in [0.15, 0.2) is 12.1 Å². The molecule has 1 N–H and O–H groups in total. The summed E-state index contributed by atoms with van der Waals surface area (Å²) < 4.78 is 12.7. The summed E-state index contributed by atoms with van der Waals surface area (Å²) in [5, 5.41) is 19.9. The first-order chi connectivity index (χ1) is 5.65. The molecule has 0 aromatic heterocycles. The van der Waals surface area contributed by atoms with E-state index in [1.165, 1.54) is 0 Å². The molecule has 66 valence electrons. The van der Waals surface area contributed by atoms with Crippen LogP contribution in [0.4, 0.5) is 4.39 Å². The fraction of sp³-hybridized carbons (Fsp3) is 0.333. The van der Waals surface area contributed by atoms with E-state index in [0.717, 1.165) is 18.6 Å². The summed E-state index contributed by atoms with van der Waals surface area (Å²) in [7, 11) is 0. The van der Waals surface area contributed by atoms with Gasteiger partial charge in [0.1, 0.15) is 0 Å². The molecule has 0 fully saturated rings. The Bertz CT molecular complexity index is 289. The number of aryl methyl sites for hydroxylation is 1. The minimum absolute atomic E-state index is 0. The molecule has 0 aliphatic heterocycles. The van der Waals surface area contributed by atoms with E-state index in [1.54, 1.807) is 0 Å². The van der Waals surface area contributed by atoms with Gasteiger partial charge in [-0.15, -0.1) is 5.75 Å². The normalized spacial score (nSPS) is 9.38. The number of aromatic hydroxyl groups is 1. The molecule has 0 aliphatic rings. The standard InChI is InChI=1S/C9H11FO2.K/c1-2-3-6-4-7(10)9(12)5-8(6)11;/h4-5,11-12H,2-3H2,1H3;/q;+1/p-1. The Kier molecular flexibility index (Phi) is 6.16. The van der Waals surface area contributed by atoms with Gasteiger partial charge in [0.2, 0.25) is 0 Å².